The lowest BCUT2D eigenvalue weighted by Gasteiger charge is -2.43. The Morgan fingerprint density at radius 2 is 1.66 bits per heavy atom. The van der Waals surface area contributed by atoms with Gasteiger partial charge in [-0.05, 0) is 66.5 Å². The number of amides is 3. The summed E-state index contributed by atoms with van der Waals surface area (Å²) in [6, 6.07) is 3.40. The van der Waals surface area contributed by atoms with E-state index in [-0.39, 0.29) is 12.3 Å². The number of rotatable bonds is 8. The molecule has 0 aliphatic rings. The van der Waals surface area contributed by atoms with E-state index in [0.29, 0.717) is 5.56 Å². The van der Waals surface area contributed by atoms with Crippen LogP contribution in [0.1, 0.15) is 64.3 Å². The number of ether oxygens (including phenoxy) is 2. The molecule has 196 valence electrons. The molecule has 2 atom stereocenters. The molecule has 3 amide bonds. The van der Waals surface area contributed by atoms with Crippen molar-refractivity contribution in [2.75, 3.05) is 19.4 Å². The SMILES string of the molecule is COC(=O)CNC(=O)C(c1ccc(C)cc1C)N(C(=O)C(CS)NC(=O)OC(C)(C)C)C(C)(C)C. The first-order valence-electron chi connectivity index (χ1n) is 11.4. The highest BCUT2D eigenvalue weighted by molar-refractivity contribution is 7.80. The third-order valence-electron chi connectivity index (χ3n) is 4.99. The fourth-order valence-corrected chi connectivity index (χ4v) is 3.75. The van der Waals surface area contributed by atoms with Gasteiger partial charge in [0.1, 0.15) is 24.2 Å². The van der Waals surface area contributed by atoms with Gasteiger partial charge >= 0.3 is 12.1 Å². The van der Waals surface area contributed by atoms with Gasteiger partial charge in [0.25, 0.3) is 0 Å². The molecule has 2 N–H and O–H groups in total. The number of hydrogen-bond acceptors (Lipinski definition) is 7. The standard InChI is InChI=1S/C25H39N3O6S/c1-15-10-11-17(16(2)12-15)20(21(30)26-13-19(29)33-9)28(24(3,4)5)22(31)18(14-35)27-23(32)34-25(6,7)8/h10-12,18,20,35H,13-14H2,1-9H3,(H,26,30)(H,27,32). The van der Waals surface area contributed by atoms with Gasteiger partial charge in [0.2, 0.25) is 11.8 Å². The fourth-order valence-electron chi connectivity index (χ4n) is 3.51. The predicted molar refractivity (Wildman–Crippen MR) is 137 cm³/mol. The number of benzene rings is 1. The van der Waals surface area contributed by atoms with E-state index in [2.05, 4.69) is 28.0 Å². The van der Waals surface area contributed by atoms with E-state index in [1.54, 1.807) is 47.6 Å². The zero-order valence-corrected chi connectivity index (χ0v) is 23.0. The highest BCUT2D eigenvalue weighted by atomic mass is 32.1. The van der Waals surface area contributed by atoms with Crippen LogP contribution >= 0.6 is 12.6 Å². The molecule has 1 aromatic rings. The van der Waals surface area contributed by atoms with Crippen LogP contribution in [-0.2, 0) is 23.9 Å². The molecular weight excluding hydrogens is 470 g/mol. The molecule has 0 spiro atoms. The van der Waals surface area contributed by atoms with Crippen molar-refractivity contribution in [3.8, 4) is 0 Å². The van der Waals surface area contributed by atoms with Crippen LogP contribution in [0.4, 0.5) is 4.79 Å². The van der Waals surface area contributed by atoms with E-state index in [1.165, 1.54) is 12.0 Å². The van der Waals surface area contributed by atoms with Gasteiger partial charge in [-0.3, -0.25) is 14.4 Å². The lowest BCUT2D eigenvalue weighted by molar-refractivity contribution is -0.149. The van der Waals surface area contributed by atoms with Crippen molar-refractivity contribution in [2.24, 2.45) is 0 Å². The first kappa shape index (κ1) is 30.3. The molecule has 0 aliphatic carbocycles. The van der Waals surface area contributed by atoms with Gasteiger partial charge < -0.3 is 25.0 Å². The van der Waals surface area contributed by atoms with Gasteiger partial charge in [0.05, 0.1) is 7.11 Å². The Morgan fingerprint density at radius 1 is 1.06 bits per heavy atom. The topological polar surface area (TPSA) is 114 Å². The smallest absolute Gasteiger partial charge is 0.408 e. The van der Waals surface area contributed by atoms with Crippen LogP contribution in [0.25, 0.3) is 0 Å². The van der Waals surface area contributed by atoms with E-state index in [9.17, 15) is 19.2 Å². The van der Waals surface area contributed by atoms with E-state index in [4.69, 9.17) is 4.74 Å². The van der Waals surface area contributed by atoms with Crippen molar-refractivity contribution >= 4 is 36.5 Å². The predicted octanol–water partition coefficient (Wildman–Crippen LogP) is 3.08. The Hall–Kier alpha value is -2.75. The number of nitrogens with zero attached hydrogens (tertiary/aromatic N) is 1. The van der Waals surface area contributed by atoms with Crippen molar-refractivity contribution in [2.45, 2.75) is 78.6 Å². The van der Waals surface area contributed by atoms with E-state index < -0.39 is 47.1 Å². The molecule has 0 radical (unpaired) electrons. The summed E-state index contributed by atoms with van der Waals surface area (Å²) in [4.78, 5) is 52.8. The number of aryl methyl sites for hydroxylation is 2. The zero-order valence-electron chi connectivity index (χ0n) is 22.1. The van der Waals surface area contributed by atoms with Crippen LogP contribution in [0.2, 0.25) is 0 Å². The second-order valence-corrected chi connectivity index (χ2v) is 10.7. The van der Waals surface area contributed by atoms with Crippen LogP contribution in [0.15, 0.2) is 18.2 Å². The third kappa shape index (κ3) is 9.08. The normalized spacial score (nSPS) is 13.3. The Morgan fingerprint density at radius 3 is 2.11 bits per heavy atom. The number of esters is 1. The number of methoxy groups -OCH3 is 1. The van der Waals surface area contributed by atoms with Crippen LogP contribution in [-0.4, -0.2) is 65.4 Å². The minimum atomic E-state index is -1.09. The van der Waals surface area contributed by atoms with E-state index >= 15 is 0 Å². The summed E-state index contributed by atoms with van der Waals surface area (Å²) in [5.41, 5.74) is 0.781. The van der Waals surface area contributed by atoms with Crippen LogP contribution in [0, 0.1) is 13.8 Å². The molecule has 2 unspecified atom stereocenters. The fraction of sp³-hybridized carbons (Fsp3) is 0.600. The maximum Gasteiger partial charge on any atom is 0.408 e. The van der Waals surface area contributed by atoms with Gasteiger partial charge in [0, 0.05) is 11.3 Å². The molecule has 0 aromatic heterocycles. The minimum Gasteiger partial charge on any atom is -0.468 e. The Kier molecular flexibility index (Phi) is 10.6. The summed E-state index contributed by atoms with van der Waals surface area (Å²) in [6.45, 7) is 13.9. The molecule has 35 heavy (non-hydrogen) atoms. The monoisotopic (exact) mass is 509 g/mol. The lowest BCUT2D eigenvalue weighted by atomic mass is 9.92. The van der Waals surface area contributed by atoms with Crippen LogP contribution in [0.3, 0.4) is 0 Å². The van der Waals surface area contributed by atoms with Gasteiger partial charge in [-0.15, -0.1) is 0 Å². The summed E-state index contributed by atoms with van der Waals surface area (Å²) in [5.74, 6) is -1.71. The number of nitrogens with one attached hydrogen (secondary N) is 2. The maximum atomic E-state index is 13.8. The Bertz CT molecular complexity index is 936. The highest BCUT2D eigenvalue weighted by Crippen LogP contribution is 2.32. The number of carbonyl (C=O) groups is 4. The van der Waals surface area contributed by atoms with Gasteiger partial charge in [-0.25, -0.2) is 4.79 Å². The Labute approximate surface area is 213 Å². The third-order valence-corrected chi connectivity index (χ3v) is 5.36. The van der Waals surface area contributed by atoms with E-state index in [1.807, 2.05) is 26.0 Å². The number of hydrogen-bond donors (Lipinski definition) is 3. The molecule has 1 rings (SSSR count). The first-order valence-corrected chi connectivity index (χ1v) is 12.0. The molecule has 0 fully saturated rings. The van der Waals surface area contributed by atoms with Crippen LogP contribution in [0.5, 0.6) is 0 Å². The summed E-state index contributed by atoms with van der Waals surface area (Å²) in [6.07, 6.45) is -0.767. The van der Waals surface area contributed by atoms with Crippen molar-refractivity contribution in [1.82, 2.24) is 15.5 Å². The first-order chi connectivity index (χ1) is 16.0. The lowest BCUT2D eigenvalue weighted by Crippen LogP contribution is -2.59. The molecule has 0 saturated heterocycles. The zero-order chi connectivity index (χ0) is 27.1. The number of alkyl carbamates (subject to hydrolysis) is 1. The molecular formula is C25H39N3O6S. The second kappa shape index (κ2) is 12.3. The summed E-state index contributed by atoms with van der Waals surface area (Å²) >= 11 is 4.27. The maximum absolute atomic E-state index is 13.8. The summed E-state index contributed by atoms with van der Waals surface area (Å²) in [7, 11) is 1.22. The largest absolute Gasteiger partial charge is 0.468 e. The van der Waals surface area contributed by atoms with Crippen molar-refractivity contribution in [1.29, 1.82) is 0 Å². The molecule has 1 aromatic carbocycles. The quantitative estimate of drug-likeness (QED) is 0.367. The molecule has 0 saturated carbocycles. The molecule has 0 heterocycles. The van der Waals surface area contributed by atoms with Crippen molar-refractivity contribution in [3.63, 3.8) is 0 Å². The van der Waals surface area contributed by atoms with Gasteiger partial charge in [-0.1, -0.05) is 23.8 Å². The second-order valence-electron chi connectivity index (χ2n) is 10.3. The van der Waals surface area contributed by atoms with Gasteiger partial charge in [0.15, 0.2) is 0 Å². The molecule has 0 aliphatic heterocycles. The summed E-state index contributed by atoms with van der Waals surface area (Å²) in [5, 5.41) is 5.14. The van der Waals surface area contributed by atoms with Crippen LogP contribution < -0.4 is 10.6 Å². The molecule has 0 bridgehead atoms. The number of carbonyl (C=O) groups excluding carboxylic acids is 4. The average molecular weight is 510 g/mol. The average Bonchev–Trinajstić information content (AvgIpc) is 2.71. The molecule has 9 nitrogen and oxygen atoms in total. The van der Waals surface area contributed by atoms with Crippen molar-refractivity contribution in [3.05, 3.63) is 34.9 Å². The molecule has 10 heteroatoms. The number of thiol groups is 1. The Balaban J connectivity index is 3.52. The van der Waals surface area contributed by atoms with Crippen molar-refractivity contribution < 1.29 is 28.7 Å². The minimum absolute atomic E-state index is 0.0198. The summed E-state index contributed by atoms with van der Waals surface area (Å²) < 4.78 is 9.94. The van der Waals surface area contributed by atoms with E-state index in [0.717, 1.165) is 11.1 Å². The van der Waals surface area contributed by atoms with Gasteiger partial charge in [-0.2, -0.15) is 12.6 Å². The highest BCUT2D eigenvalue weighted by Gasteiger charge is 2.42.